The van der Waals surface area contributed by atoms with Crippen LogP contribution in [0.5, 0.6) is 0 Å². The Hall–Kier alpha value is -2.86. The van der Waals surface area contributed by atoms with Crippen LogP contribution < -0.4 is 0 Å². The Morgan fingerprint density at radius 2 is 1.64 bits per heavy atom. The molecule has 0 amide bonds. The maximum atomic E-state index is 14.0. The van der Waals surface area contributed by atoms with Gasteiger partial charge in [0.25, 0.3) is 0 Å². The lowest BCUT2D eigenvalue weighted by Crippen LogP contribution is -2.34. The number of ketones is 1. The summed E-state index contributed by atoms with van der Waals surface area (Å²) in [5, 5.41) is 0.903. The lowest BCUT2D eigenvalue weighted by molar-refractivity contribution is 0.0895. The molecular weight excluding hydrogens is 521 g/mol. The van der Waals surface area contributed by atoms with Crippen LogP contribution in [-0.4, -0.2) is 19.9 Å². The van der Waals surface area contributed by atoms with E-state index < -0.39 is 6.04 Å². The van der Waals surface area contributed by atoms with E-state index in [0.717, 1.165) is 32.6 Å². The lowest BCUT2D eigenvalue weighted by atomic mass is 9.90. The minimum Gasteiger partial charge on any atom is -0.332 e. The van der Waals surface area contributed by atoms with Gasteiger partial charge in [0.2, 0.25) is 0 Å². The average Bonchev–Trinajstić information content (AvgIpc) is 3.44. The van der Waals surface area contributed by atoms with Gasteiger partial charge in [-0.2, -0.15) is 0 Å². The summed E-state index contributed by atoms with van der Waals surface area (Å²) in [5.41, 5.74) is 4.12. The van der Waals surface area contributed by atoms with Gasteiger partial charge in [-0.25, -0.2) is 4.98 Å². The topological polar surface area (TPSA) is 39.8 Å². The molecule has 3 heterocycles. The predicted molar refractivity (Wildman–Crippen MR) is 135 cm³/mol. The first-order valence-corrected chi connectivity index (χ1v) is 12.0. The number of Topliss-reactive ketones (excluding diaryl/α,β-unsaturated/α-hetero) is 1. The number of benzene rings is 3. The number of carbonyl (C=O) groups excluding carboxylic acids is 1. The fraction of sp³-hybridized carbons (Fsp3) is 0.0769. The first-order valence-electron chi connectivity index (χ1n) is 10.4. The van der Waals surface area contributed by atoms with Crippen molar-refractivity contribution >= 4 is 55.9 Å². The van der Waals surface area contributed by atoms with Crippen molar-refractivity contribution in [3.05, 3.63) is 111 Å². The highest BCUT2D eigenvalue weighted by Crippen LogP contribution is 2.46. The Kier molecular flexibility index (Phi) is 4.94. The minimum atomic E-state index is -0.502. The number of carbonyl (C=O) groups is 1. The van der Waals surface area contributed by atoms with Crippen LogP contribution in [0.4, 0.5) is 0 Å². The molecule has 7 heteroatoms. The molecule has 6 rings (SSSR count). The van der Waals surface area contributed by atoms with Crippen molar-refractivity contribution in [3.63, 3.8) is 0 Å². The third-order valence-electron chi connectivity index (χ3n) is 6.15. The van der Waals surface area contributed by atoms with Crippen molar-refractivity contribution in [2.24, 2.45) is 0 Å². The van der Waals surface area contributed by atoms with Gasteiger partial charge < -0.3 is 9.13 Å². The Bertz CT molecular complexity index is 1520. The average molecular weight is 537 g/mol. The van der Waals surface area contributed by atoms with Crippen molar-refractivity contribution in [1.82, 2.24) is 14.1 Å². The highest BCUT2D eigenvalue weighted by atomic mass is 79.9. The molecule has 0 radical (unpaired) electrons. The summed E-state index contributed by atoms with van der Waals surface area (Å²) in [4.78, 5) is 18.9. The fourth-order valence-electron chi connectivity index (χ4n) is 4.71. The Morgan fingerprint density at radius 1 is 0.909 bits per heavy atom. The summed E-state index contributed by atoms with van der Waals surface area (Å²) >= 11 is 16.3. The molecule has 162 valence electrons. The van der Waals surface area contributed by atoms with Crippen LogP contribution in [0.25, 0.3) is 22.6 Å². The number of rotatable bonds is 3. The number of nitrogens with zero attached hydrogens (tertiary/aromatic N) is 3. The highest BCUT2D eigenvalue weighted by molar-refractivity contribution is 9.10. The molecule has 0 aliphatic carbocycles. The normalized spacial score (nSPS) is 17.1. The summed E-state index contributed by atoms with van der Waals surface area (Å²) < 4.78 is 5.13. The van der Waals surface area contributed by atoms with Gasteiger partial charge in [0, 0.05) is 16.2 Å². The lowest BCUT2D eigenvalue weighted by Gasteiger charge is -2.36. The van der Waals surface area contributed by atoms with Crippen LogP contribution in [0.1, 0.15) is 28.0 Å². The van der Waals surface area contributed by atoms with Crippen LogP contribution in [0.3, 0.4) is 0 Å². The maximum Gasteiger partial charge on any atom is 0.188 e. The second-order valence-corrected chi connectivity index (χ2v) is 9.76. The van der Waals surface area contributed by atoms with E-state index in [4.69, 9.17) is 28.2 Å². The zero-order valence-corrected chi connectivity index (χ0v) is 20.2. The van der Waals surface area contributed by atoms with Crippen molar-refractivity contribution in [2.75, 3.05) is 0 Å². The van der Waals surface area contributed by atoms with Gasteiger partial charge in [-0.15, -0.1) is 0 Å². The molecule has 0 unspecified atom stereocenters. The number of hydrogen-bond acceptors (Lipinski definition) is 2. The minimum absolute atomic E-state index is 0.0357. The van der Waals surface area contributed by atoms with E-state index in [1.54, 1.807) is 6.07 Å². The molecule has 4 nitrogen and oxygen atoms in total. The van der Waals surface area contributed by atoms with Gasteiger partial charge in [-0.3, -0.25) is 4.79 Å². The molecule has 3 aromatic carbocycles. The zero-order valence-electron chi connectivity index (χ0n) is 17.1. The summed E-state index contributed by atoms with van der Waals surface area (Å²) in [5.74, 6) is 0.812. The molecule has 5 aromatic rings. The SMILES string of the molecule is O=C(c1ccccc1)[C@H]1[C@H](c2ccc(Br)cc2)n2c(nc3cc(Cl)c(Cl)cc32)-c2cccn21. The van der Waals surface area contributed by atoms with E-state index >= 15 is 0 Å². The molecule has 2 atom stereocenters. The quantitative estimate of drug-likeness (QED) is 0.223. The smallest absolute Gasteiger partial charge is 0.188 e. The van der Waals surface area contributed by atoms with Gasteiger partial charge in [-0.1, -0.05) is 81.6 Å². The van der Waals surface area contributed by atoms with Crippen molar-refractivity contribution in [3.8, 4) is 11.5 Å². The van der Waals surface area contributed by atoms with E-state index in [1.807, 2.05) is 83.6 Å². The van der Waals surface area contributed by atoms with Gasteiger partial charge >= 0.3 is 0 Å². The predicted octanol–water partition coefficient (Wildman–Crippen LogP) is 7.60. The molecule has 0 N–H and O–H groups in total. The van der Waals surface area contributed by atoms with Gasteiger partial charge in [0.15, 0.2) is 11.6 Å². The summed E-state index contributed by atoms with van der Waals surface area (Å²) in [6.45, 7) is 0. The van der Waals surface area contributed by atoms with Gasteiger partial charge in [0.05, 0.1) is 32.8 Å². The standard InChI is InChI=1S/C26H16BrCl2N3O/c27-17-10-8-15(9-11-17)23-24(25(33)16-5-2-1-3-6-16)31-12-4-7-21(31)26-30-20-13-18(28)19(29)14-22(20)32(23)26/h1-14,23-24H/t23-,24+/m0/s1. The Morgan fingerprint density at radius 3 is 2.39 bits per heavy atom. The van der Waals surface area contributed by atoms with E-state index in [1.165, 1.54) is 0 Å². The van der Waals surface area contributed by atoms with E-state index in [-0.39, 0.29) is 11.8 Å². The van der Waals surface area contributed by atoms with Crippen LogP contribution in [-0.2, 0) is 0 Å². The molecule has 2 aromatic heterocycles. The second kappa shape index (κ2) is 7.87. The van der Waals surface area contributed by atoms with Gasteiger partial charge in [0.1, 0.15) is 6.04 Å². The number of fused-ring (bicyclic) bond motifs is 5. The molecule has 0 fully saturated rings. The van der Waals surface area contributed by atoms with E-state index in [2.05, 4.69) is 20.5 Å². The Labute approximate surface area is 208 Å². The van der Waals surface area contributed by atoms with Crippen molar-refractivity contribution < 1.29 is 4.79 Å². The molecule has 0 bridgehead atoms. The third-order valence-corrected chi connectivity index (χ3v) is 7.41. The number of halogens is 3. The van der Waals surface area contributed by atoms with Crippen molar-refractivity contribution in [2.45, 2.75) is 12.1 Å². The number of imidazole rings is 1. The van der Waals surface area contributed by atoms with Crippen molar-refractivity contribution in [1.29, 1.82) is 0 Å². The monoisotopic (exact) mass is 535 g/mol. The maximum absolute atomic E-state index is 14.0. The fourth-order valence-corrected chi connectivity index (χ4v) is 5.29. The largest absolute Gasteiger partial charge is 0.332 e. The number of aromatic nitrogens is 3. The summed E-state index contributed by atoms with van der Waals surface area (Å²) in [6, 6.07) is 24.2. The van der Waals surface area contributed by atoms with E-state index in [0.29, 0.717) is 15.6 Å². The van der Waals surface area contributed by atoms with Crippen LogP contribution in [0, 0.1) is 0 Å². The van der Waals surface area contributed by atoms with E-state index in [9.17, 15) is 4.79 Å². The molecule has 33 heavy (non-hydrogen) atoms. The molecular formula is C26H16BrCl2N3O. The summed E-state index contributed by atoms with van der Waals surface area (Å²) in [7, 11) is 0. The van der Waals surface area contributed by atoms with Crippen LogP contribution >= 0.6 is 39.1 Å². The molecule has 0 spiro atoms. The van der Waals surface area contributed by atoms with Gasteiger partial charge in [-0.05, 0) is 42.0 Å². The first kappa shape index (κ1) is 20.7. The first-order chi connectivity index (χ1) is 16.0. The zero-order chi connectivity index (χ0) is 22.7. The highest BCUT2D eigenvalue weighted by Gasteiger charge is 2.40. The molecule has 1 aliphatic rings. The molecule has 0 saturated heterocycles. The summed E-state index contributed by atoms with van der Waals surface area (Å²) in [6.07, 6.45) is 1.95. The van der Waals surface area contributed by atoms with Crippen LogP contribution in [0.2, 0.25) is 10.0 Å². The van der Waals surface area contributed by atoms with Crippen LogP contribution in [0.15, 0.2) is 89.5 Å². The Balaban J connectivity index is 1.68. The third kappa shape index (κ3) is 3.26. The number of hydrogen-bond donors (Lipinski definition) is 0. The molecule has 0 saturated carbocycles. The second-order valence-electron chi connectivity index (χ2n) is 8.03. The molecule has 1 aliphatic heterocycles.